The molecule has 3 heteroatoms. The first-order chi connectivity index (χ1) is 10.4. The number of fused-ring (bicyclic) bond motifs is 1. The van der Waals surface area contributed by atoms with Crippen LogP contribution >= 0.6 is 0 Å². The predicted octanol–water partition coefficient (Wildman–Crippen LogP) is 3.67. The van der Waals surface area contributed by atoms with Crippen LogP contribution in [0.5, 0.6) is 0 Å². The van der Waals surface area contributed by atoms with Gasteiger partial charge in [0.05, 0.1) is 5.69 Å². The molecule has 3 rings (SSSR count). The van der Waals surface area contributed by atoms with Gasteiger partial charge >= 0.3 is 0 Å². The van der Waals surface area contributed by atoms with E-state index in [9.17, 15) is 0 Å². The van der Waals surface area contributed by atoms with E-state index in [2.05, 4.69) is 59.6 Å². The summed E-state index contributed by atoms with van der Waals surface area (Å²) in [7, 11) is 0. The number of pyridine rings is 1. The van der Waals surface area contributed by atoms with Crippen LogP contribution in [-0.2, 0) is 13.0 Å². The standard InChI is InChI=1S/C18H23N3/c1-2-19-14-16-10-7-12-18(20-16)21-13-6-5-9-15-8-3-4-11-17(15)21/h3-4,7-8,10-12,19H,2,5-6,9,13-14H2,1H3. The summed E-state index contributed by atoms with van der Waals surface area (Å²) in [4.78, 5) is 7.21. The summed E-state index contributed by atoms with van der Waals surface area (Å²) in [5.41, 5.74) is 3.87. The number of aryl methyl sites for hydroxylation is 1. The van der Waals surface area contributed by atoms with E-state index in [1.807, 2.05) is 0 Å². The normalized spacial score (nSPS) is 14.6. The molecule has 1 aliphatic heterocycles. The average Bonchev–Trinajstić information content (AvgIpc) is 2.75. The van der Waals surface area contributed by atoms with Crippen molar-refractivity contribution in [2.45, 2.75) is 32.7 Å². The van der Waals surface area contributed by atoms with Crippen molar-refractivity contribution in [1.82, 2.24) is 10.3 Å². The van der Waals surface area contributed by atoms with Crippen molar-refractivity contribution in [2.24, 2.45) is 0 Å². The Kier molecular flexibility index (Phi) is 4.51. The number of hydrogen-bond acceptors (Lipinski definition) is 3. The first-order valence-electron chi connectivity index (χ1n) is 7.90. The molecule has 21 heavy (non-hydrogen) atoms. The van der Waals surface area contributed by atoms with Crippen LogP contribution in [0.15, 0.2) is 42.5 Å². The van der Waals surface area contributed by atoms with Crippen LogP contribution in [0.1, 0.15) is 31.0 Å². The maximum absolute atomic E-state index is 4.84. The van der Waals surface area contributed by atoms with Gasteiger partial charge in [0.25, 0.3) is 0 Å². The maximum atomic E-state index is 4.84. The molecule has 0 bridgehead atoms. The third kappa shape index (κ3) is 3.24. The van der Waals surface area contributed by atoms with Gasteiger partial charge in [0.1, 0.15) is 5.82 Å². The number of nitrogens with zero attached hydrogens (tertiary/aromatic N) is 2. The highest BCUT2D eigenvalue weighted by Crippen LogP contribution is 2.31. The summed E-state index contributed by atoms with van der Waals surface area (Å²) in [5, 5.41) is 3.35. The number of nitrogens with one attached hydrogen (secondary N) is 1. The average molecular weight is 281 g/mol. The van der Waals surface area contributed by atoms with E-state index in [-0.39, 0.29) is 0 Å². The molecular formula is C18H23N3. The second kappa shape index (κ2) is 6.72. The van der Waals surface area contributed by atoms with Gasteiger partial charge in [0, 0.05) is 18.8 Å². The van der Waals surface area contributed by atoms with Gasteiger partial charge in [-0.05, 0) is 49.6 Å². The maximum Gasteiger partial charge on any atom is 0.133 e. The molecule has 0 saturated heterocycles. The summed E-state index contributed by atoms with van der Waals surface area (Å²) in [6.07, 6.45) is 3.64. The Hall–Kier alpha value is -1.87. The van der Waals surface area contributed by atoms with E-state index in [1.54, 1.807) is 0 Å². The van der Waals surface area contributed by atoms with Crippen molar-refractivity contribution in [1.29, 1.82) is 0 Å². The van der Waals surface area contributed by atoms with Gasteiger partial charge < -0.3 is 10.2 Å². The number of rotatable bonds is 4. The van der Waals surface area contributed by atoms with Crippen LogP contribution in [0.4, 0.5) is 11.5 Å². The Balaban J connectivity index is 1.92. The summed E-state index contributed by atoms with van der Waals surface area (Å²) >= 11 is 0. The Morgan fingerprint density at radius 1 is 1.10 bits per heavy atom. The van der Waals surface area contributed by atoms with Gasteiger partial charge in [0.15, 0.2) is 0 Å². The SMILES string of the molecule is CCNCc1cccc(N2CCCCc3ccccc32)n1. The van der Waals surface area contributed by atoms with E-state index in [1.165, 1.54) is 30.5 Å². The third-order valence-corrected chi connectivity index (χ3v) is 3.98. The highest BCUT2D eigenvalue weighted by atomic mass is 15.2. The molecule has 0 aliphatic carbocycles. The third-order valence-electron chi connectivity index (χ3n) is 3.98. The Labute approximate surface area is 127 Å². The minimum Gasteiger partial charge on any atom is -0.326 e. The molecule has 0 spiro atoms. The Morgan fingerprint density at radius 3 is 2.90 bits per heavy atom. The van der Waals surface area contributed by atoms with Crippen LogP contribution in [0.25, 0.3) is 0 Å². The van der Waals surface area contributed by atoms with Crippen molar-refractivity contribution in [3.63, 3.8) is 0 Å². The lowest BCUT2D eigenvalue weighted by molar-refractivity contribution is 0.707. The van der Waals surface area contributed by atoms with E-state index in [0.717, 1.165) is 31.1 Å². The van der Waals surface area contributed by atoms with Gasteiger partial charge in [-0.2, -0.15) is 0 Å². The van der Waals surface area contributed by atoms with Crippen molar-refractivity contribution >= 4 is 11.5 Å². The molecule has 0 fully saturated rings. The lowest BCUT2D eigenvalue weighted by Crippen LogP contribution is -2.20. The molecule has 2 aromatic rings. The number of hydrogen-bond donors (Lipinski definition) is 1. The first kappa shape index (κ1) is 14.1. The van der Waals surface area contributed by atoms with E-state index >= 15 is 0 Å². The highest BCUT2D eigenvalue weighted by molar-refractivity contribution is 5.64. The second-order valence-electron chi connectivity index (χ2n) is 5.50. The zero-order valence-electron chi connectivity index (χ0n) is 12.7. The van der Waals surface area contributed by atoms with E-state index in [4.69, 9.17) is 4.98 Å². The molecule has 0 radical (unpaired) electrons. The van der Waals surface area contributed by atoms with E-state index < -0.39 is 0 Å². The minimum absolute atomic E-state index is 0.833. The van der Waals surface area contributed by atoms with Crippen LogP contribution in [0, 0.1) is 0 Å². The molecule has 1 N–H and O–H groups in total. The molecule has 3 nitrogen and oxygen atoms in total. The van der Waals surface area contributed by atoms with Crippen molar-refractivity contribution in [2.75, 3.05) is 18.0 Å². The molecule has 110 valence electrons. The smallest absolute Gasteiger partial charge is 0.133 e. The fourth-order valence-corrected chi connectivity index (χ4v) is 2.90. The van der Waals surface area contributed by atoms with E-state index in [0.29, 0.717) is 0 Å². The first-order valence-corrected chi connectivity index (χ1v) is 7.90. The van der Waals surface area contributed by atoms with Crippen LogP contribution < -0.4 is 10.2 Å². The van der Waals surface area contributed by atoms with Gasteiger partial charge in [-0.3, -0.25) is 0 Å². The zero-order chi connectivity index (χ0) is 14.5. The molecule has 1 aliphatic rings. The minimum atomic E-state index is 0.833. The van der Waals surface area contributed by atoms with Gasteiger partial charge in [-0.25, -0.2) is 4.98 Å². The number of aromatic nitrogens is 1. The summed E-state index contributed by atoms with van der Waals surface area (Å²) < 4.78 is 0. The fourth-order valence-electron chi connectivity index (χ4n) is 2.90. The van der Waals surface area contributed by atoms with Crippen LogP contribution in [0.3, 0.4) is 0 Å². The Bertz CT molecular complexity index is 595. The largest absolute Gasteiger partial charge is 0.326 e. The monoisotopic (exact) mass is 281 g/mol. The van der Waals surface area contributed by atoms with Gasteiger partial charge in [-0.1, -0.05) is 31.2 Å². The predicted molar refractivity (Wildman–Crippen MR) is 88.0 cm³/mol. The molecule has 2 heterocycles. The van der Waals surface area contributed by atoms with Crippen molar-refractivity contribution in [3.05, 3.63) is 53.7 Å². The molecular weight excluding hydrogens is 258 g/mol. The lowest BCUT2D eigenvalue weighted by atomic mass is 10.1. The van der Waals surface area contributed by atoms with Gasteiger partial charge in [-0.15, -0.1) is 0 Å². The molecule has 0 unspecified atom stereocenters. The molecule has 0 saturated carbocycles. The summed E-state index contributed by atoms with van der Waals surface area (Å²) in [5.74, 6) is 1.07. The van der Waals surface area contributed by atoms with Crippen LogP contribution in [0.2, 0.25) is 0 Å². The topological polar surface area (TPSA) is 28.2 Å². The zero-order valence-corrected chi connectivity index (χ0v) is 12.7. The Morgan fingerprint density at radius 2 is 2.00 bits per heavy atom. The van der Waals surface area contributed by atoms with Crippen LogP contribution in [-0.4, -0.2) is 18.1 Å². The number of benzene rings is 1. The van der Waals surface area contributed by atoms with Crippen molar-refractivity contribution in [3.8, 4) is 0 Å². The lowest BCUT2D eigenvalue weighted by Gasteiger charge is -2.24. The summed E-state index contributed by atoms with van der Waals surface area (Å²) in [6, 6.07) is 15.1. The fraction of sp³-hybridized carbons (Fsp3) is 0.389. The second-order valence-corrected chi connectivity index (χ2v) is 5.50. The molecule has 1 aromatic carbocycles. The molecule has 0 amide bonds. The van der Waals surface area contributed by atoms with Crippen molar-refractivity contribution < 1.29 is 0 Å². The quantitative estimate of drug-likeness (QED) is 0.927. The number of para-hydroxylation sites is 1. The molecule has 1 aromatic heterocycles. The summed E-state index contributed by atoms with van der Waals surface area (Å²) in [6.45, 7) is 4.97. The number of anilines is 2. The highest BCUT2D eigenvalue weighted by Gasteiger charge is 2.17. The molecule has 0 atom stereocenters. The van der Waals surface area contributed by atoms with Gasteiger partial charge in [0.2, 0.25) is 0 Å².